The van der Waals surface area contributed by atoms with Crippen molar-refractivity contribution in [2.24, 2.45) is 0 Å². The summed E-state index contributed by atoms with van der Waals surface area (Å²) >= 11 is 0. The first-order chi connectivity index (χ1) is 12.6. The Morgan fingerprint density at radius 1 is 1.08 bits per heavy atom. The molecule has 4 heterocycles. The molecule has 0 aliphatic heterocycles. The van der Waals surface area contributed by atoms with E-state index in [1.807, 2.05) is 66.4 Å². The monoisotopic (exact) mass is 344 g/mol. The zero-order valence-corrected chi connectivity index (χ0v) is 15.1. The molecule has 130 valence electrons. The fourth-order valence-electron chi connectivity index (χ4n) is 3.26. The summed E-state index contributed by atoms with van der Waals surface area (Å²) in [6, 6.07) is 9.85. The van der Waals surface area contributed by atoms with Gasteiger partial charge in [-0.25, -0.2) is 9.97 Å². The summed E-state index contributed by atoms with van der Waals surface area (Å²) in [5.74, 6) is 0.831. The van der Waals surface area contributed by atoms with Gasteiger partial charge in [0.05, 0.1) is 18.3 Å². The Morgan fingerprint density at radius 3 is 2.65 bits per heavy atom. The highest BCUT2D eigenvalue weighted by molar-refractivity contribution is 5.82. The molecular formula is C20H20N6. The van der Waals surface area contributed by atoms with Crippen molar-refractivity contribution < 1.29 is 0 Å². The lowest BCUT2D eigenvalue weighted by Crippen LogP contribution is -2.21. The fraction of sp³-hybridized carbons (Fsp3) is 0.200. The minimum absolute atomic E-state index is 0.450. The van der Waals surface area contributed by atoms with Gasteiger partial charge in [-0.15, -0.1) is 0 Å². The number of fused-ring (bicyclic) bond motifs is 1. The Morgan fingerprint density at radius 2 is 1.92 bits per heavy atom. The van der Waals surface area contributed by atoms with Crippen LogP contribution in [0.25, 0.3) is 16.9 Å². The molecule has 0 unspecified atom stereocenters. The van der Waals surface area contributed by atoms with Crippen molar-refractivity contribution in [2.75, 3.05) is 0 Å². The average Bonchev–Trinajstić information content (AvgIpc) is 2.90. The van der Waals surface area contributed by atoms with Crippen molar-refractivity contribution in [1.29, 1.82) is 5.41 Å². The second-order valence-corrected chi connectivity index (χ2v) is 6.46. The molecule has 0 aliphatic carbocycles. The molecule has 0 aromatic carbocycles. The van der Waals surface area contributed by atoms with Gasteiger partial charge in [-0.3, -0.25) is 15.0 Å². The van der Waals surface area contributed by atoms with E-state index < -0.39 is 0 Å². The molecule has 0 saturated heterocycles. The van der Waals surface area contributed by atoms with Crippen molar-refractivity contribution in [3.8, 4) is 5.82 Å². The zero-order chi connectivity index (χ0) is 18.3. The number of aryl methyl sites for hydroxylation is 2. The SMILES string of the molecule is Cc1cccc(-n2c(C)c(C)c3c(=N)n(Cc4cccnc4)cnc32)n1. The molecule has 4 aromatic rings. The van der Waals surface area contributed by atoms with Crippen molar-refractivity contribution in [3.63, 3.8) is 0 Å². The molecule has 4 rings (SSSR count). The lowest BCUT2D eigenvalue weighted by molar-refractivity contribution is 0.719. The minimum Gasteiger partial charge on any atom is -0.312 e. The topological polar surface area (TPSA) is 72.4 Å². The second kappa shape index (κ2) is 6.22. The van der Waals surface area contributed by atoms with E-state index in [0.717, 1.165) is 39.4 Å². The van der Waals surface area contributed by atoms with Crippen molar-refractivity contribution in [1.82, 2.24) is 24.1 Å². The summed E-state index contributed by atoms with van der Waals surface area (Å²) in [6.45, 7) is 6.63. The van der Waals surface area contributed by atoms with Gasteiger partial charge in [-0.05, 0) is 50.1 Å². The first kappa shape index (κ1) is 16.2. The number of pyridine rings is 2. The summed E-state index contributed by atoms with van der Waals surface area (Å²) in [6.07, 6.45) is 5.29. The molecule has 6 nitrogen and oxygen atoms in total. The van der Waals surface area contributed by atoms with Gasteiger partial charge in [-0.1, -0.05) is 12.1 Å². The maximum Gasteiger partial charge on any atom is 0.151 e. The first-order valence-electron chi connectivity index (χ1n) is 8.51. The standard InChI is InChI=1S/C20H20N6/c1-13-6-4-8-17(24-13)26-15(3)14(2)18-19(21)25(12-23-20(18)26)11-16-7-5-9-22-10-16/h4-10,12,21H,11H2,1-3H3. The van der Waals surface area contributed by atoms with Crippen LogP contribution in [0.15, 0.2) is 49.1 Å². The van der Waals surface area contributed by atoms with Gasteiger partial charge in [-0.2, -0.15) is 0 Å². The molecule has 4 aromatic heterocycles. The van der Waals surface area contributed by atoms with Gasteiger partial charge in [0.2, 0.25) is 0 Å². The van der Waals surface area contributed by atoms with E-state index in [4.69, 9.17) is 5.41 Å². The second-order valence-electron chi connectivity index (χ2n) is 6.46. The van der Waals surface area contributed by atoms with Crippen LogP contribution < -0.4 is 5.49 Å². The summed E-state index contributed by atoms with van der Waals surface area (Å²) in [5.41, 5.74) is 5.33. The van der Waals surface area contributed by atoms with E-state index in [2.05, 4.69) is 15.0 Å². The average molecular weight is 344 g/mol. The third-order valence-electron chi connectivity index (χ3n) is 4.71. The highest BCUT2D eigenvalue weighted by atomic mass is 15.1. The number of aromatic nitrogens is 5. The van der Waals surface area contributed by atoms with Crippen LogP contribution in [0.4, 0.5) is 0 Å². The smallest absolute Gasteiger partial charge is 0.151 e. The van der Waals surface area contributed by atoms with E-state index in [1.165, 1.54) is 0 Å². The highest BCUT2D eigenvalue weighted by Crippen LogP contribution is 2.24. The first-order valence-corrected chi connectivity index (χ1v) is 8.51. The molecule has 0 aliphatic rings. The number of nitrogens with one attached hydrogen (secondary N) is 1. The Labute approximate surface area is 151 Å². The normalized spacial score (nSPS) is 11.2. The molecule has 0 amide bonds. The Bertz CT molecular complexity index is 1150. The van der Waals surface area contributed by atoms with Crippen LogP contribution in [0.5, 0.6) is 0 Å². The molecule has 0 bridgehead atoms. The maximum absolute atomic E-state index is 8.71. The maximum atomic E-state index is 8.71. The van der Waals surface area contributed by atoms with Crippen LogP contribution in [-0.4, -0.2) is 24.1 Å². The summed E-state index contributed by atoms with van der Waals surface area (Å²) in [4.78, 5) is 13.5. The molecule has 26 heavy (non-hydrogen) atoms. The lowest BCUT2D eigenvalue weighted by atomic mass is 10.2. The van der Waals surface area contributed by atoms with Crippen LogP contribution in [-0.2, 0) is 6.54 Å². The fourth-order valence-corrected chi connectivity index (χ4v) is 3.26. The number of rotatable bonds is 3. The molecule has 1 N–H and O–H groups in total. The molecular weight excluding hydrogens is 324 g/mol. The zero-order valence-electron chi connectivity index (χ0n) is 15.1. The van der Waals surface area contributed by atoms with Gasteiger partial charge < -0.3 is 4.57 Å². The molecule has 0 fully saturated rings. The van der Waals surface area contributed by atoms with Gasteiger partial charge >= 0.3 is 0 Å². The van der Waals surface area contributed by atoms with Crippen molar-refractivity contribution >= 4 is 11.0 Å². The van der Waals surface area contributed by atoms with Crippen molar-refractivity contribution in [3.05, 3.63) is 77.1 Å². The molecule has 0 atom stereocenters. The van der Waals surface area contributed by atoms with Gasteiger partial charge in [0.15, 0.2) is 5.65 Å². The summed E-state index contributed by atoms with van der Waals surface area (Å²) in [5, 5.41) is 9.57. The Hall–Kier alpha value is -3.28. The van der Waals surface area contributed by atoms with E-state index in [0.29, 0.717) is 12.0 Å². The van der Waals surface area contributed by atoms with E-state index in [-0.39, 0.29) is 0 Å². The third kappa shape index (κ3) is 2.60. The van der Waals surface area contributed by atoms with E-state index >= 15 is 0 Å². The predicted molar refractivity (Wildman–Crippen MR) is 100 cm³/mol. The Balaban J connectivity index is 1.91. The molecule has 0 radical (unpaired) electrons. The Kier molecular flexibility index (Phi) is 3.88. The number of hydrogen-bond acceptors (Lipinski definition) is 4. The summed E-state index contributed by atoms with van der Waals surface area (Å²) < 4.78 is 3.88. The summed E-state index contributed by atoms with van der Waals surface area (Å²) in [7, 11) is 0. The molecule has 6 heteroatoms. The van der Waals surface area contributed by atoms with Gasteiger partial charge in [0.1, 0.15) is 11.3 Å². The van der Waals surface area contributed by atoms with Crippen LogP contribution in [0.1, 0.15) is 22.5 Å². The molecule has 0 saturated carbocycles. The van der Waals surface area contributed by atoms with Crippen LogP contribution >= 0.6 is 0 Å². The third-order valence-corrected chi connectivity index (χ3v) is 4.71. The van der Waals surface area contributed by atoms with Crippen molar-refractivity contribution in [2.45, 2.75) is 27.3 Å². The highest BCUT2D eigenvalue weighted by Gasteiger charge is 2.17. The molecule has 0 spiro atoms. The van der Waals surface area contributed by atoms with Crippen LogP contribution in [0.3, 0.4) is 0 Å². The minimum atomic E-state index is 0.450. The lowest BCUT2D eigenvalue weighted by Gasteiger charge is -2.09. The van der Waals surface area contributed by atoms with E-state index in [1.54, 1.807) is 12.5 Å². The predicted octanol–water partition coefficient (Wildman–Crippen LogP) is 3.07. The van der Waals surface area contributed by atoms with Crippen LogP contribution in [0.2, 0.25) is 0 Å². The number of nitrogens with zero attached hydrogens (tertiary/aromatic N) is 5. The van der Waals surface area contributed by atoms with E-state index in [9.17, 15) is 0 Å². The largest absolute Gasteiger partial charge is 0.312 e. The van der Waals surface area contributed by atoms with Gasteiger partial charge in [0, 0.05) is 23.8 Å². The quantitative estimate of drug-likeness (QED) is 0.621. The number of hydrogen-bond donors (Lipinski definition) is 1. The van der Waals surface area contributed by atoms with Gasteiger partial charge in [0.25, 0.3) is 0 Å². The van der Waals surface area contributed by atoms with Crippen LogP contribution in [0, 0.1) is 26.2 Å².